The fourth-order valence-corrected chi connectivity index (χ4v) is 1.00. The van der Waals surface area contributed by atoms with Crippen molar-refractivity contribution in [3.05, 3.63) is 32.6 Å². The van der Waals surface area contributed by atoms with E-state index in [1.54, 1.807) is 0 Å². The van der Waals surface area contributed by atoms with Gasteiger partial charge in [-0.1, -0.05) is 0 Å². The Morgan fingerprint density at radius 2 is 1.71 bits per heavy atom. The van der Waals surface area contributed by atoms with Crippen LogP contribution < -0.4 is 11.2 Å². The van der Waals surface area contributed by atoms with Gasteiger partial charge in [0.25, 0.3) is 5.56 Å². The third-order valence-electron chi connectivity index (χ3n) is 1.75. The van der Waals surface area contributed by atoms with Crippen molar-refractivity contribution in [2.24, 2.45) is 14.1 Å². The highest BCUT2D eigenvalue weighted by molar-refractivity contribution is 5.09. The quantitative estimate of drug-likeness (QED) is 0.605. The van der Waals surface area contributed by atoms with E-state index in [9.17, 15) is 22.8 Å². The van der Waals surface area contributed by atoms with E-state index < -0.39 is 23.0 Å². The monoisotopic (exact) mass is 207 g/mol. The first-order valence-corrected chi connectivity index (χ1v) is 3.59. The minimum atomic E-state index is -4.74. The first-order chi connectivity index (χ1) is 6.25. The van der Waals surface area contributed by atoms with Crippen molar-refractivity contribution >= 4 is 0 Å². The number of aromatic nitrogens is 2. The maximum Gasteiger partial charge on any atom is 0.423 e. The predicted octanol–water partition coefficient (Wildman–Crippen LogP) is 0.103. The SMILES string of the molecule is Cn1cc(C(F)(F)[18F])c(=O)n(C)c1=O. The molecule has 0 unspecified atom stereocenters. The summed E-state index contributed by atoms with van der Waals surface area (Å²) in [6.07, 6.45) is -4.25. The van der Waals surface area contributed by atoms with Gasteiger partial charge in [0.1, 0.15) is 5.56 Å². The van der Waals surface area contributed by atoms with E-state index in [0.717, 1.165) is 14.1 Å². The van der Waals surface area contributed by atoms with Gasteiger partial charge < -0.3 is 4.57 Å². The molecule has 0 spiro atoms. The lowest BCUT2D eigenvalue weighted by molar-refractivity contribution is -0.139. The molecule has 0 bridgehead atoms. The molecule has 1 rings (SSSR count). The molecular formula is C7H7F3N2O2. The van der Waals surface area contributed by atoms with Crippen molar-refractivity contribution in [3.8, 4) is 0 Å². The third-order valence-corrected chi connectivity index (χ3v) is 1.75. The van der Waals surface area contributed by atoms with Crippen LogP contribution in [-0.4, -0.2) is 9.13 Å². The Hall–Kier alpha value is -1.53. The first kappa shape index (κ1) is 10.6. The van der Waals surface area contributed by atoms with Gasteiger partial charge in [-0.15, -0.1) is 0 Å². The molecule has 0 saturated carbocycles. The highest BCUT2D eigenvalue weighted by atomic mass is 19.3. The maximum absolute atomic E-state index is 12.2. The lowest BCUT2D eigenvalue weighted by atomic mass is 10.3. The molecule has 0 saturated heterocycles. The summed E-state index contributed by atoms with van der Waals surface area (Å²) in [6, 6.07) is 0. The van der Waals surface area contributed by atoms with Crippen molar-refractivity contribution in [2.45, 2.75) is 6.18 Å². The molecule has 1 aromatic heterocycles. The number of rotatable bonds is 0. The second kappa shape index (κ2) is 3.00. The van der Waals surface area contributed by atoms with E-state index >= 15 is 0 Å². The van der Waals surface area contributed by atoms with Gasteiger partial charge in [-0.3, -0.25) is 9.36 Å². The van der Waals surface area contributed by atoms with Gasteiger partial charge in [-0.05, 0) is 0 Å². The van der Waals surface area contributed by atoms with Crippen LogP contribution in [0, 0.1) is 0 Å². The fourth-order valence-electron chi connectivity index (χ4n) is 1.00. The number of hydrogen-bond acceptors (Lipinski definition) is 2. The lowest BCUT2D eigenvalue weighted by Crippen LogP contribution is -2.40. The van der Waals surface area contributed by atoms with Crippen molar-refractivity contribution in [1.29, 1.82) is 0 Å². The van der Waals surface area contributed by atoms with E-state index in [4.69, 9.17) is 0 Å². The van der Waals surface area contributed by atoms with Gasteiger partial charge in [0.15, 0.2) is 0 Å². The molecule has 0 aliphatic rings. The highest BCUT2D eigenvalue weighted by Crippen LogP contribution is 2.25. The number of hydrogen-bond donors (Lipinski definition) is 0. The Morgan fingerprint density at radius 3 is 2.14 bits per heavy atom. The lowest BCUT2D eigenvalue weighted by Gasteiger charge is -2.08. The summed E-state index contributed by atoms with van der Waals surface area (Å²) in [6.45, 7) is 0. The van der Waals surface area contributed by atoms with Crippen LogP contribution >= 0.6 is 0 Å². The summed E-state index contributed by atoms with van der Waals surface area (Å²) < 4.78 is 37.8. The van der Waals surface area contributed by atoms with Crippen LogP contribution in [0.5, 0.6) is 0 Å². The minimum absolute atomic E-state index is 0.419. The molecule has 7 heteroatoms. The van der Waals surface area contributed by atoms with Crippen LogP contribution in [0.15, 0.2) is 15.8 Å². The maximum atomic E-state index is 12.2. The summed E-state index contributed by atoms with van der Waals surface area (Å²) >= 11 is 0. The fraction of sp³-hybridized carbons (Fsp3) is 0.429. The zero-order chi connectivity index (χ0) is 11.1. The molecule has 14 heavy (non-hydrogen) atoms. The first-order valence-electron chi connectivity index (χ1n) is 3.59. The van der Waals surface area contributed by atoms with Crippen LogP contribution in [0.4, 0.5) is 13.2 Å². The Bertz CT molecular complexity index is 469. The molecule has 1 heterocycles. The van der Waals surface area contributed by atoms with Crippen LogP contribution in [0.1, 0.15) is 5.56 Å². The molecule has 0 radical (unpaired) electrons. The molecule has 0 fully saturated rings. The predicted molar refractivity (Wildman–Crippen MR) is 41.9 cm³/mol. The standard InChI is InChI=1S/C7H7F3N2O2/c1-11-3-4(7(8,9)10)5(13)12(2)6(11)14/h3H,1-2H3/i8-1. The summed E-state index contributed by atoms with van der Waals surface area (Å²) in [5.74, 6) is 0. The smallest absolute Gasteiger partial charge is 0.303 e. The average molecular weight is 207 g/mol. The van der Waals surface area contributed by atoms with E-state index in [1.165, 1.54) is 0 Å². The van der Waals surface area contributed by atoms with Crippen molar-refractivity contribution in [1.82, 2.24) is 9.13 Å². The summed E-state index contributed by atoms with van der Waals surface area (Å²) in [4.78, 5) is 22.0. The molecule has 0 aliphatic heterocycles. The molecule has 1 aromatic rings. The van der Waals surface area contributed by atoms with Crippen LogP contribution in [0.2, 0.25) is 0 Å². The van der Waals surface area contributed by atoms with Gasteiger partial charge in [-0.25, -0.2) is 4.79 Å². The number of alkyl halides is 3. The molecule has 0 atom stereocenters. The van der Waals surface area contributed by atoms with E-state index in [0.29, 0.717) is 15.3 Å². The molecule has 0 N–H and O–H groups in total. The van der Waals surface area contributed by atoms with Crippen molar-refractivity contribution in [2.75, 3.05) is 0 Å². The normalized spacial score (nSPS) is 11.8. The van der Waals surface area contributed by atoms with Gasteiger partial charge in [0, 0.05) is 20.3 Å². The van der Waals surface area contributed by atoms with E-state index in [-0.39, 0.29) is 0 Å². The molecule has 0 amide bonds. The Balaban J connectivity index is 3.67. The molecule has 78 valence electrons. The van der Waals surface area contributed by atoms with Gasteiger partial charge >= 0.3 is 11.9 Å². The van der Waals surface area contributed by atoms with Crippen LogP contribution in [0.3, 0.4) is 0 Å². The Morgan fingerprint density at radius 1 is 1.21 bits per heavy atom. The Kier molecular flexibility index (Phi) is 2.26. The number of aryl methyl sites for hydroxylation is 1. The molecule has 4 nitrogen and oxygen atoms in total. The summed E-state index contributed by atoms with van der Waals surface area (Å²) in [5, 5.41) is 0. The van der Waals surface area contributed by atoms with E-state index in [2.05, 4.69) is 0 Å². The minimum Gasteiger partial charge on any atom is -0.303 e. The Labute approximate surface area is 76.2 Å². The van der Waals surface area contributed by atoms with Gasteiger partial charge in [0.2, 0.25) is 0 Å². The van der Waals surface area contributed by atoms with Crippen LogP contribution in [0.25, 0.3) is 0 Å². The second-order valence-corrected chi connectivity index (χ2v) is 2.80. The summed E-state index contributed by atoms with van der Waals surface area (Å²) in [5.41, 5.74) is -3.47. The molecule has 0 aromatic carbocycles. The second-order valence-electron chi connectivity index (χ2n) is 2.80. The van der Waals surface area contributed by atoms with Gasteiger partial charge in [-0.2, -0.15) is 13.2 Å². The zero-order valence-electron chi connectivity index (χ0n) is 7.42. The average Bonchev–Trinajstić information content (AvgIpc) is 2.06. The summed E-state index contributed by atoms with van der Waals surface area (Å²) in [7, 11) is 2.15. The van der Waals surface area contributed by atoms with Crippen molar-refractivity contribution < 1.29 is 13.2 Å². The number of nitrogens with zero attached hydrogens (tertiary/aromatic N) is 2. The molecular weight excluding hydrogens is 200 g/mol. The van der Waals surface area contributed by atoms with E-state index in [1.807, 2.05) is 0 Å². The largest absolute Gasteiger partial charge is 0.423 e. The third kappa shape index (κ3) is 1.57. The number of halogens is 3. The zero-order valence-corrected chi connectivity index (χ0v) is 7.42. The highest BCUT2D eigenvalue weighted by Gasteiger charge is 2.35. The molecule has 0 aliphatic carbocycles. The van der Waals surface area contributed by atoms with Gasteiger partial charge in [0.05, 0.1) is 0 Å². The topological polar surface area (TPSA) is 44.0 Å². The van der Waals surface area contributed by atoms with Crippen molar-refractivity contribution in [3.63, 3.8) is 0 Å². The van der Waals surface area contributed by atoms with Crippen LogP contribution in [-0.2, 0) is 20.3 Å².